The Morgan fingerprint density at radius 2 is 1.62 bits per heavy atom. The van der Waals surface area contributed by atoms with Gasteiger partial charge in [0.25, 0.3) is 0 Å². The summed E-state index contributed by atoms with van der Waals surface area (Å²) < 4.78 is 40.6. The lowest BCUT2D eigenvalue weighted by Crippen LogP contribution is -2.16. The number of anilines is 1. The number of rotatable bonds is 6. The molecule has 0 unspecified atom stereocenters. The minimum atomic E-state index is -4.71. The van der Waals surface area contributed by atoms with Crippen LogP contribution in [0.5, 0.6) is 5.75 Å². The predicted molar refractivity (Wildman–Crippen MR) is 121 cm³/mol. The Balaban J connectivity index is 2.01. The molecule has 0 saturated carbocycles. The molecule has 0 saturated heterocycles. The summed E-state index contributed by atoms with van der Waals surface area (Å²) in [5.41, 5.74) is 8.61. The number of nitrogens with zero attached hydrogens (tertiary/aromatic N) is 2. The van der Waals surface area contributed by atoms with Crippen LogP contribution in [0.3, 0.4) is 0 Å². The Morgan fingerprint density at radius 1 is 1.03 bits per heavy atom. The highest BCUT2D eigenvalue weighted by molar-refractivity contribution is 6.06. The molecule has 6 nitrogen and oxygen atoms in total. The summed E-state index contributed by atoms with van der Waals surface area (Å²) in [6.45, 7) is 3.64. The molecule has 9 heteroatoms. The fraction of sp³-hybridized carbons (Fsp3) is 0.174. The molecule has 2 aromatic rings. The van der Waals surface area contributed by atoms with Gasteiger partial charge >= 0.3 is 6.36 Å². The second kappa shape index (κ2) is 10.9. The lowest BCUT2D eigenvalue weighted by Gasteiger charge is -2.09. The van der Waals surface area contributed by atoms with Crippen molar-refractivity contribution in [2.75, 3.05) is 12.4 Å². The summed E-state index contributed by atoms with van der Waals surface area (Å²) in [4.78, 5) is 19.6. The molecule has 32 heavy (non-hydrogen) atoms. The lowest BCUT2D eigenvalue weighted by molar-refractivity contribution is -0.274. The largest absolute Gasteiger partial charge is 0.573 e. The molecule has 0 atom stereocenters. The highest BCUT2D eigenvalue weighted by Crippen LogP contribution is 2.24. The van der Waals surface area contributed by atoms with Crippen LogP contribution in [-0.4, -0.2) is 31.0 Å². The predicted octanol–water partition coefficient (Wildman–Crippen LogP) is 5.20. The van der Waals surface area contributed by atoms with Crippen LogP contribution in [0.2, 0.25) is 0 Å². The van der Waals surface area contributed by atoms with Crippen LogP contribution in [0.15, 0.2) is 76.7 Å². The maximum atomic E-state index is 12.2. The average molecular weight is 444 g/mol. The smallest absolute Gasteiger partial charge is 0.406 e. The quantitative estimate of drug-likeness (QED) is 0.365. The molecule has 1 amide bonds. The zero-order chi connectivity index (χ0) is 23.7. The number of benzene rings is 2. The third kappa shape index (κ3) is 8.10. The number of primary amides is 1. The normalized spacial score (nSPS) is 13.4. The SMILES string of the molecule is CN=C(/N=C(C)/C=C\C=C(/C)c1ccc(OC(F)(F)F)cc1)Nc1ccc(C(N)=O)cc1. The van der Waals surface area contributed by atoms with Crippen molar-refractivity contribution in [3.8, 4) is 5.75 Å². The summed E-state index contributed by atoms with van der Waals surface area (Å²) in [5.74, 6) is -0.399. The van der Waals surface area contributed by atoms with Crippen molar-refractivity contribution in [3.63, 3.8) is 0 Å². The van der Waals surface area contributed by atoms with Gasteiger partial charge in [-0.3, -0.25) is 9.79 Å². The van der Waals surface area contributed by atoms with Gasteiger partial charge in [0.05, 0.1) is 0 Å². The standard InChI is InChI=1S/C23H23F3N4O2/c1-15(17-9-13-20(14-10-17)32-23(24,25)26)5-4-6-16(2)29-22(28-3)30-19-11-7-18(8-12-19)21(27)31/h4-14H,1-3H3,(H2,27,31)(H,28,30)/b6-4-,15-5+,29-16+. The van der Waals surface area contributed by atoms with Crippen LogP contribution in [0.4, 0.5) is 18.9 Å². The van der Waals surface area contributed by atoms with Gasteiger partial charge in [0.1, 0.15) is 5.75 Å². The molecule has 2 rings (SSSR count). The van der Waals surface area contributed by atoms with Crippen molar-refractivity contribution in [2.24, 2.45) is 15.7 Å². The maximum absolute atomic E-state index is 12.2. The third-order valence-electron chi connectivity index (χ3n) is 4.15. The van der Waals surface area contributed by atoms with E-state index in [0.717, 1.165) is 11.1 Å². The summed E-state index contributed by atoms with van der Waals surface area (Å²) in [7, 11) is 1.59. The monoisotopic (exact) mass is 444 g/mol. The van der Waals surface area contributed by atoms with Gasteiger partial charge in [-0.1, -0.05) is 24.3 Å². The van der Waals surface area contributed by atoms with Gasteiger partial charge in [-0.05, 0) is 67.5 Å². The van der Waals surface area contributed by atoms with Gasteiger partial charge in [0.2, 0.25) is 11.9 Å². The minimum absolute atomic E-state index is 0.268. The Bertz CT molecular complexity index is 1050. The van der Waals surface area contributed by atoms with E-state index in [2.05, 4.69) is 20.0 Å². The molecule has 0 aliphatic carbocycles. The number of hydrogen-bond donors (Lipinski definition) is 2. The number of allylic oxidation sites excluding steroid dienone is 4. The summed E-state index contributed by atoms with van der Waals surface area (Å²) in [6.07, 6.45) is 0.656. The molecule has 168 valence electrons. The van der Waals surface area contributed by atoms with Gasteiger partial charge in [-0.25, -0.2) is 4.99 Å². The van der Waals surface area contributed by atoms with Crippen molar-refractivity contribution in [2.45, 2.75) is 20.2 Å². The number of nitrogens with one attached hydrogen (secondary N) is 1. The number of aliphatic imine (C=N–C) groups is 2. The van der Waals surface area contributed by atoms with Gasteiger partial charge in [-0.15, -0.1) is 13.2 Å². The van der Waals surface area contributed by atoms with E-state index in [9.17, 15) is 18.0 Å². The molecule has 2 aromatic carbocycles. The van der Waals surface area contributed by atoms with E-state index in [1.807, 2.05) is 13.0 Å². The Kier molecular flexibility index (Phi) is 8.34. The van der Waals surface area contributed by atoms with Gasteiger partial charge < -0.3 is 15.8 Å². The average Bonchev–Trinajstić information content (AvgIpc) is 2.73. The molecular formula is C23H23F3N4O2. The van der Waals surface area contributed by atoms with Crippen molar-refractivity contribution in [1.29, 1.82) is 0 Å². The van der Waals surface area contributed by atoms with E-state index in [4.69, 9.17) is 5.73 Å². The van der Waals surface area contributed by atoms with Crippen LogP contribution >= 0.6 is 0 Å². The van der Waals surface area contributed by atoms with E-state index < -0.39 is 12.3 Å². The molecule has 0 aliphatic heterocycles. The van der Waals surface area contributed by atoms with Crippen LogP contribution < -0.4 is 15.8 Å². The number of halogens is 3. The first kappa shape index (κ1) is 24.4. The summed E-state index contributed by atoms with van der Waals surface area (Å²) in [5, 5.41) is 3.04. The zero-order valence-electron chi connectivity index (χ0n) is 17.8. The van der Waals surface area contributed by atoms with E-state index in [0.29, 0.717) is 22.9 Å². The van der Waals surface area contributed by atoms with E-state index in [-0.39, 0.29) is 5.75 Å². The number of carbonyl (C=O) groups is 1. The molecule has 0 heterocycles. The van der Waals surface area contributed by atoms with Gasteiger partial charge in [0.15, 0.2) is 0 Å². The Hall–Kier alpha value is -3.88. The number of nitrogens with two attached hydrogens (primary N) is 1. The van der Waals surface area contributed by atoms with Crippen LogP contribution in [0.25, 0.3) is 5.57 Å². The number of ether oxygens (including phenoxy) is 1. The third-order valence-corrected chi connectivity index (χ3v) is 4.15. The zero-order valence-corrected chi connectivity index (χ0v) is 17.8. The van der Waals surface area contributed by atoms with E-state index >= 15 is 0 Å². The Labute approximate surface area is 184 Å². The van der Waals surface area contributed by atoms with Crippen molar-refractivity contribution in [3.05, 3.63) is 77.9 Å². The molecule has 0 aliphatic rings. The number of hydrogen-bond acceptors (Lipinski definition) is 3. The second-order valence-electron chi connectivity index (χ2n) is 6.65. The van der Waals surface area contributed by atoms with E-state index in [1.54, 1.807) is 62.5 Å². The number of guanidine groups is 1. The Morgan fingerprint density at radius 3 is 2.16 bits per heavy atom. The molecule has 0 radical (unpaired) electrons. The number of carbonyl (C=O) groups excluding carboxylic acids is 1. The highest BCUT2D eigenvalue weighted by Gasteiger charge is 2.30. The first-order valence-electron chi connectivity index (χ1n) is 9.47. The molecule has 3 N–H and O–H groups in total. The number of alkyl halides is 3. The van der Waals surface area contributed by atoms with Crippen molar-refractivity contribution in [1.82, 2.24) is 0 Å². The molecular weight excluding hydrogens is 421 g/mol. The fourth-order valence-electron chi connectivity index (χ4n) is 2.53. The highest BCUT2D eigenvalue weighted by atomic mass is 19.4. The van der Waals surface area contributed by atoms with Gasteiger partial charge in [-0.2, -0.15) is 0 Å². The number of amides is 1. The van der Waals surface area contributed by atoms with Crippen LogP contribution in [-0.2, 0) is 0 Å². The first-order valence-corrected chi connectivity index (χ1v) is 9.47. The first-order chi connectivity index (χ1) is 15.1. The molecule has 0 aromatic heterocycles. The summed E-state index contributed by atoms with van der Waals surface area (Å²) in [6, 6.07) is 12.2. The van der Waals surface area contributed by atoms with Crippen LogP contribution in [0.1, 0.15) is 29.8 Å². The van der Waals surface area contributed by atoms with Crippen LogP contribution in [0, 0.1) is 0 Å². The molecule has 0 bridgehead atoms. The molecule has 0 spiro atoms. The van der Waals surface area contributed by atoms with Crippen molar-refractivity contribution >= 4 is 28.8 Å². The lowest BCUT2D eigenvalue weighted by atomic mass is 10.1. The van der Waals surface area contributed by atoms with Crippen molar-refractivity contribution < 1.29 is 22.7 Å². The topological polar surface area (TPSA) is 89.1 Å². The van der Waals surface area contributed by atoms with Gasteiger partial charge in [0, 0.05) is 24.0 Å². The summed E-state index contributed by atoms with van der Waals surface area (Å²) >= 11 is 0. The molecule has 0 fully saturated rings. The van der Waals surface area contributed by atoms with E-state index in [1.165, 1.54) is 12.1 Å². The second-order valence-corrected chi connectivity index (χ2v) is 6.65. The fourth-order valence-corrected chi connectivity index (χ4v) is 2.53. The minimum Gasteiger partial charge on any atom is -0.406 e. The maximum Gasteiger partial charge on any atom is 0.573 e.